The molecule has 0 spiro atoms. The Kier molecular flexibility index (Phi) is 11.0. The lowest BCUT2D eigenvalue weighted by Gasteiger charge is -2.19. The molecule has 0 saturated heterocycles. The van der Waals surface area contributed by atoms with Crippen molar-refractivity contribution in [3.05, 3.63) is 91.9 Å². The lowest BCUT2D eigenvalue weighted by Crippen LogP contribution is -2.46. The Hall–Kier alpha value is -3.07. The normalized spacial score (nSPS) is 11.9. The van der Waals surface area contributed by atoms with E-state index in [1.165, 1.54) is 13.3 Å². The van der Waals surface area contributed by atoms with E-state index in [9.17, 15) is 9.59 Å². The fourth-order valence-corrected chi connectivity index (χ4v) is 4.40. The highest BCUT2D eigenvalue weighted by atomic mass is 79.9. The van der Waals surface area contributed by atoms with E-state index in [4.69, 9.17) is 32.7 Å². The van der Waals surface area contributed by atoms with Crippen molar-refractivity contribution >= 4 is 57.2 Å². The fourth-order valence-electron chi connectivity index (χ4n) is 3.51. The van der Waals surface area contributed by atoms with Crippen molar-refractivity contribution in [3.8, 4) is 11.5 Å². The first-order valence-corrected chi connectivity index (χ1v) is 13.4. The molecule has 3 aromatic rings. The van der Waals surface area contributed by atoms with Crippen molar-refractivity contribution in [2.45, 2.75) is 32.9 Å². The monoisotopic (exact) mass is 619 g/mol. The predicted octanol–water partition coefficient (Wildman–Crippen LogP) is 6.64. The summed E-state index contributed by atoms with van der Waals surface area (Å²) in [7, 11) is 1.53. The third-order valence-corrected chi connectivity index (χ3v) is 6.62. The Labute approximate surface area is 240 Å². The van der Waals surface area contributed by atoms with E-state index < -0.39 is 11.9 Å². The summed E-state index contributed by atoms with van der Waals surface area (Å²) in [4.78, 5) is 25.5. The summed E-state index contributed by atoms with van der Waals surface area (Å²) in [6.07, 6.45) is 1.92. The van der Waals surface area contributed by atoms with Crippen molar-refractivity contribution < 1.29 is 19.1 Å². The van der Waals surface area contributed by atoms with Crippen LogP contribution in [0, 0.1) is 5.92 Å². The van der Waals surface area contributed by atoms with Crippen LogP contribution in [-0.4, -0.2) is 31.2 Å². The van der Waals surface area contributed by atoms with Gasteiger partial charge in [-0.25, -0.2) is 5.43 Å². The summed E-state index contributed by atoms with van der Waals surface area (Å²) in [5.74, 6) is 0.358. The smallest absolute Gasteiger partial charge is 0.262 e. The van der Waals surface area contributed by atoms with Gasteiger partial charge < -0.3 is 14.8 Å². The average molecular weight is 621 g/mol. The van der Waals surface area contributed by atoms with Crippen LogP contribution in [0.15, 0.2) is 70.2 Å². The molecule has 38 heavy (non-hydrogen) atoms. The van der Waals surface area contributed by atoms with Gasteiger partial charge in [-0.05, 0) is 76.3 Å². The van der Waals surface area contributed by atoms with Crippen LogP contribution < -0.4 is 20.2 Å². The van der Waals surface area contributed by atoms with Crippen LogP contribution in [-0.2, 0) is 11.4 Å². The highest BCUT2D eigenvalue weighted by molar-refractivity contribution is 9.10. The van der Waals surface area contributed by atoms with Crippen LogP contribution in [0.3, 0.4) is 0 Å². The number of carbonyl (C=O) groups excluding carboxylic acids is 2. The molecule has 1 atom stereocenters. The summed E-state index contributed by atoms with van der Waals surface area (Å²) < 4.78 is 12.1. The SMILES string of the molecule is COc1cc(C=NNC(=O)C(CC(C)C)NC(=O)c2ccc(Cl)cc2)cc(Br)c1OCc1ccccc1Cl. The Morgan fingerprint density at radius 3 is 2.45 bits per heavy atom. The van der Waals surface area contributed by atoms with Gasteiger partial charge in [0, 0.05) is 21.2 Å². The van der Waals surface area contributed by atoms with Crippen molar-refractivity contribution in [2.75, 3.05) is 7.11 Å². The molecule has 0 fully saturated rings. The number of nitrogens with one attached hydrogen (secondary N) is 2. The molecule has 3 rings (SSSR count). The number of halogens is 3. The number of benzene rings is 3. The van der Waals surface area contributed by atoms with Gasteiger partial charge in [-0.1, -0.05) is 55.2 Å². The Morgan fingerprint density at radius 1 is 1.08 bits per heavy atom. The number of rotatable bonds is 11. The molecule has 10 heteroatoms. The molecule has 0 aliphatic rings. The highest BCUT2D eigenvalue weighted by Crippen LogP contribution is 2.37. The van der Waals surface area contributed by atoms with Crippen LogP contribution in [0.25, 0.3) is 0 Å². The second-order valence-corrected chi connectivity index (χ2v) is 10.5. The quantitative estimate of drug-likeness (QED) is 0.186. The fraction of sp³-hybridized carbons (Fsp3) is 0.250. The van der Waals surface area contributed by atoms with Crippen molar-refractivity contribution in [3.63, 3.8) is 0 Å². The minimum Gasteiger partial charge on any atom is -0.493 e. The third kappa shape index (κ3) is 8.48. The zero-order valence-corrected chi connectivity index (χ0v) is 24.2. The molecule has 0 aromatic heterocycles. The maximum Gasteiger partial charge on any atom is 0.262 e. The van der Waals surface area contributed by atoms with E-state index in [1.54, 1.807) is 42.5 Å². The van der Waals surface area contributed by atoms with Crippen molar-refractivity contribution in [2.24, 2.45) is 11.0 Å². The standard InChI is InChI=1S/C28H28BrCl2N3O4/c1-17(2)12-24(33-27(35)19-8-10-21(30)11-9-19)28(36)34-32-15-18-13-22(29)26(25(14-18)37-3)38-16-20-6-4-5-7-23(20)31/h4-11,13-15,17,24H,12,16H2,1-3H3,(H,33,35)(H,34,36). The maximum absolute atomic E-state index is 12.9. The van der Waals surface area contributed by atoms with Crippen LogP contribution >= 0.6 is 39.1 Å². The van der Waals surface area contributed by atoms with E-state index in [-0.39, 0.29) is 18.4 Å². The Morgan fingerprint density at radius 2 is 1.79 bits per heavy atom. The number of hydrogen-bond donors (Lipinski definition) is 2. The number of methoxy groups -OCH3 is 1. The van der Waals surface area contributed by atoms with Gasteiger partial charge in [0.25, 0.3) is 11.8 Å². The molecule has 0 radical (unpaired) electrons. The Bertz CT molecular complexity index is 1300. The summed E-state index contributed by atoms with van der Waals surface area (Å²) in [5, 5.41) is 8.00. The predicted molar refractivity (Wildman–Crippen MR) is 154 cm³/mol. The van der Waals surface area contributed by atoms with Crippen LogP contribution in [0.5, 0.6) is 11.5 Å². The van der Waals surface area contributed by atoms with E-state index >= 15 is 0 Å². The second-order valence-electron chi connectivity index (χ2n) is 8.81. The van der Waals surface area contributed by atoms with E-state index in [1.807, 2.05) is 32.0 Å². The van der Waals surface area contributed by atoms with Gasteiger partial charge in [0.05, 0.1) is 17.8 Å². The summed E-state index contributed by atoms with van der Waals surface area (Å²) >= 11 is 15.6. The molecule has 0 bridgehead atoms. The van der Waals surface area contributed by atoms with Gasteiger partial charge in [-0.2, -0.15) is 5.10 Å². The molecule has 0 heterocycles. The largest absolute Gasteiger partial charge is 0.493 e. The zero-order chi connectivity index (χ0) is 27.7. The minimum atomic E-state index is -0.766. The molecule has 2 amide bonds. The number of nitrogens with zero attached hydrogens (tertiary/aromatic N) is 1. The first-order chi connectivity index (χ1) is 18.2. The Balaban J connectivity index is 1.67. The van der Waals surface area contributed by atoms with E-state index in [0.29, 0.717) is 43.6 Å². The van der Waals surface area contributed by atoms with Crippen LogP contribution in [0.2, 0.25) is 10.0 Å². The van der Waals surface area contributed by atoms with E-state index in [0.717, 1.165) is 5.56 Å². The lowest BCUT2D eigenvalue weighted by atomic mass is 10.0. The van der Waals surface area contributed by atoms with Gasteiger partial charge in [0.15, 0.2) is 11.5 Å². The van der Waals surface area contributed by atoms with Crippen LogP contribution in [0.1, 0.15) is 41.8 Å². The highest BCUT2D eigenvalue weighted by Gasteiger charge is 2.22. The number of ether oxygens (including phenoxy) is 2. The van der Waals surface area contributed by atoms with Crippen LogP contribution in [0.4, 0.5) is 0 Å². The van der Waals surface area contributed by atoms with E-state index in [2.05, 4.69) is 31.8 Å². The number of hydrazone groups is 1. The molecule has 2 N–H and O–H groups in total. The minimum absolute atomic E-state index is 0.166. The average Bonchev–Trinajstić information content (AvgIpc) is 2.88. The molecule has 0 saturated carbocycles. The topological polar surface area (TPSA) is 89.0 Å². The first kappa shape index (κ1) is 29.5. The van der Waals surface area contributed by atoms with Gasteiger partial charge in [0.2, 0.25) is 0 Å². The second kappa shape index (κ2) is 14.2. The number of amides is 2. The summed E-state index contributed by atoms with van der Waals surface area (Å²) in [6.45, 7) is 4.20. The lowest BCUT2D eigenvalue weighted by molar-refractivity contribution is -0.123. The maximum atomic E-state index is 12.9. The van der Waals surface area contributed by atoms with Crippen molar-refractivity contribution in [1.82, 2.24) is 10.7 Å². The van der Waals surface area contributed by atoms with Gasteiger partial charge in [0.1, 0.15) is 12.6 Å². The molecular weight excluding hydrogens is 593 g/mol. The first-order valence-electron chi connectivity index (χ1n) is 11.8. The molecular formula is C28H28BrCl2N3O4. The zero-order valence-electron chi connectivity index (χ0n) is 21.1. The molecule has 1 unspecified atom stereocenters. The molecule has 200 valence electrons. The number of hydrogen-bond acceptors (Lipinski definition) is 5. The van der Waals surface area contributed by atoms with Crippen molar-refractivity contribution in [1.29, 1.82) is 0 Å². The van der Waals surface area contributed by atoms with Gasteiger partial charge >= 0.3 is 0 Å². The number of carbonyl (C=O) groups is 2. The molecule has 0 aliphatic heterocycles. The molecule has 0 aliphatic carbocycles. The van der Waals surface area contributed by atoms with Gasteiger partial charge in [-0.3, -0.25) is 9.59 Å². The molecule has 3 aromatic carbocycles. The third-order valence-electron chi connectivity index (χ3n) is 5.41. The summed E-state index contributed by atoms with van der Waals surface area (Å²) in [6, 6.07) is 16.6. The summed E-state index contributed by atoms with van der Waals surface area (Å²) in [5.41, 5.74) is 4.43. The van der Waals surface area contributed by atoms with Gasteiger partial charge in [-0.15, -0.1) is 0 Å². The molecule has 7 nitrogen and oxygen atoms in total.